The van der Waals surface area contributed by atoms with Crippen molar-refractivity contribution in [3.63, 3.8) is 0 Å². The maximum absolute atomic E-state index is 12.5. The minimum absolute atomic E-state index is 0.0154. The molecular weight excluding hydrogens is 296 g/mol. The number of H-pyrrole nitrogens is 2. The Morgan fingerprint density at radius 3 is 2.67 bits per heavy atom. The molecule has 9 heteroatoms. The van der Waals surface area contributed by atoms with Crippen LogP contribution in [0.4, 0.5) is 0 Å². The highest BCUT2D eigenvalue weighted by Gasteiger charge is 2.31. The number of hydrogen-bond donors (Lipinski definition) is 3. The fourth-order valence-electron chi connectivity index (χ4n) is 2.43. The number of aromatic nitrogens is 2. The largest absolute Gasteiger partial charge is 0.326 e. The van der Waals surface area contributed by atoms with Gasteiger partial charge in [-0.15, -0.1) is 0 Å². The Morgan fingerprint density at radius 2 is 2.00 bits per heavy atom. The first-order valence-corrected chi connectivity index (χ1v) is 7.84. The molecule has 1 aromatic heterocycles. The highest BCUT2D eigenvalue weighted by molar-refractivity contribution is 7.89. The third kappa shape index (κ3) is 2.39. The van der Waals surface area contributed by atoms with E-state index in [1.54, 1.807) is 0 Å². The van der Waals surface area contributed by atoms with Gasteiger partial charge in [-0.1, -0.05) is 0 Å². The van der Waals surface area contributed by atoms with E-state index in [-0.39, 0.29) is 22.9 Å². The Kier molecular flexibility index (Phi) is 3.19. The predicted molar refractivity (Wildman–Crippen MR) is 76.5 cm³/mol. The predicted octanol–water partition coefficient (Wildman–Crippen LogP) is -1.06. The molecule has 0 spiro atoms. The van der Waals surface area contributed by atoms with Gasteiger partial charge in [0.2, 0.25) is 10.0 Å². The van der Waals surface area contributed by atoms with Crippen molar-refractivity contribution in [3.05, 3.63) is 39.0 Å². The van der Waals surface area contributed by atoms with Gasteiger partial charge in [0.1, 0.15) is 0 Å². The molecule has 21 heavy (non-hydrogen) atoms. The molecule has 0 amide bonds. The first-order valence-electron chi connectivity index (χ1n) is 6.40. The van der Waals surface area contributed by atoms with Crippen LogP contribution in [0.2, 0.25) is 0 Å². The molecule has 0 bridgehead atoms. The van der Waals surface area contributed by atoms with Crippen LogP contribution in [0, 0.1) is 0 Å². The molecular formula is C12H14N4O4S. The van der Waals surface area contributed by atoms with Crippen molar-refractivity contribution in [3.8, 4) is 0 Å². The minimum Gasteiger partial charge on any atom is -0.326 e. The maximum Gasteiger partial charge on any atom is 0.326 e. The monoisotopic (exact) mass is 310 g/mol. The number of hydrogen-bond acceptors (Lipinski definition) is 5. The van der Waals surface area contributed by atoms with Crippen LogP contribution in [0.5, 0.6) is 0 Å². The van der Waals surface area contributed by atoms with Gasteiger partial charge in [0.25, 0.3) is 5.56 Å². The molecule has 4 N–H and O–H groups in total. The zero-order valence-corrected chi connectivity index (χ0v) is 11.8. The number of aromatic amines is 2. The van der Waals surface area contributed by atoms with E-state index < -0.39 is 21.3 Å². The number of nitrogens with zero attached hydrogens (tertiary/aromatic N) is 1. The van der Waals surface area contributed by atoms with Crippen LogP contribution in [0.25, 0.3) is 10.9 Å². The summed E-state index contributed by atoms with van der Waals surface area (Å²) in [5.74, 6) is 0. The first kappa shape index (κ1) is 14.0. The number of nitrogens with one attached hydrogen (secondary N) is 2. The van der Waals surface area contributed by atoms with Crippen molar-refractivity contribution in [1.82, 2.24) is 14.3 Å². The lowest BCUT2D eigenvalue weighted by Crippen LogP contribution is -2.32. The molecule has 1 saturated heterocycles. The third-order valence-electron chi connectivity index (χ3n) is 3.54. The SMILES string of the molecule is NC1CCN(S(=O)(=O)c2ccc3[nH]c(=O)[nH]c(=O)c3c2)C1. The van der Waals surface area contributed by atoms with Crippen molar-refractivity contribution in [2.75, 3.05) is 13.1 Å². The van der Waals surface area contributed by atoms with Gasteiger partial charge in [-0.2, -0.15) is 4.31 Å². The number of sulfonamides is 1. The van der Waals surface area contributed by atoms with Crippen LogP contribution in [-0.4, -0.2) is 41.8 Å². The summed E-state index contributed by atoms with van der Waals surface area (Å²) in [6.07, 6.45) is 0.612. The molecule has 2 aromatic rings. The summed E-state index contributed by atoms with van der Waals surface area (Å²) in [4.78, 5) is 27.5. The van der Waals surface area contributed by atoms with Gasteiger partial charge in [-0.25, -0.2) is 13.2 Å². The smallest absolute Gasteiger partial charge is 0.326 e. The van der Waals surface area contributed by atoms with Crippen LogP contribution in [0.15, 0.2) is 32.7 Å². The molecule has 8 nitrogen and oxygen atoms in total. The summed E-state index contributed by atoms with van der Waals surface area (Å²) in [6, 6.07) is 3.88. The molecule has 0 saturated carbocycles. The van der Waals surface area contributed by atoms with Crippen molar-refractivity contribution < 1.29 is 8.42 Å². The highest BCUT2D eigenvalue weighted by atomic mass is 32.2. The molecule has 1 aromatic carbocycles. The maximum atomic E-state index is 12.5. The van der Waals surface area contributed by atoms with Gasteiger partial charge >= 0.3 is 5.69 Å². The molecule has 1 atom stereocenters. The second-order valence-corrected chi connectivity index (χ2v) is 6.97. The lowest BCUT2D eigenvalue weighted by molar-refractivity contribution is 0.472. The number of benzene rings is 1. The van der Waals surface area contributed by atoms with Gasteiger partial charge in [-0.05, 0) is 24.6 Å². The van der Waals surface area contributed by atoms with Crippen molar-refractivity contribution in [2.45, 2.75) is 17.4 Å². The highest BCUT2D eigenvalue weighted by Crippen LogP contribution is 2.22. The summed E-state index contributed by atoms with van der Waals surface area (Å²) in [5.41, 5.74) is 4.77. The topological polar surface area (TPSA) is 129 Å². The van der Waals surface area contributed by atoms with Crippen LogP contribution in [0.1, 0.15) is 6.42 Å². The van der Waals surface area contributed by atoms with E-state index in [2.05, 4.69) is 9.97 Å². The molecule has 1 fully saturated rings. The Morgan fingerprint density at radius 1 is 1.24 bits per heavy atom. The zero-order valence-electron chi connectivity index (χ0n) is 11.0. The molecule has 0 aliphatic carbocycles. The molecule has 2 heterocycles. The zero-order chi connectivity index (χ0) is 15.2. The number of nitrogens with two attached hydrogens (primary N) is 1. The van der Waals surface area contributed by atoms with E-state index in [9.17, 15) is 18.0 Å². The summed E-state index contributed by atoms with van der Waals surface area (Å²) in [6.45, 7) is 0.631. The van der Waals surface area contributed by atoms with Crippen molar-refractivity contribution >= 4 is 20.9 Å². The molecule has 112 valence electrons. The molecule has 1 unspecified atom stereocenters. The van der Waals surface area contributed by atoms with Gasteiger partial charge in [0.05, 0.1) is 15.8 Å². The normalized spacial score (nSPS) is 20.1. The van der Waals surface area contributed by atoms with Crippen LogP contribution >= 0.6 is 0 Å². The van der Waals surface area contributed by atoms with Crippen LogP contribution in [0.3, 0.4) is 0 Å². The van der Waals surface area contributed by atoms with Gasteiger partial charge in [-0.3, -0.25) is 9.78 Å². The van der Waals surface area contributed by atoms with Gasteiger partial charge in [0.15, 0.2) is 0 Å². The quantitative estimate of drug-likeness (QED) is 0.651. The fourth-order valence-corrected chi connectivity index (χ4v) is 3.96. The molecule has 1 aliphatic rings. The van der Waals surface area contributed by atoms with Crippen molar-refractivity contribution in [1.29, 1.82) is 0 Å². The third-order valence-corrected chi connectivity index (χ3v) is 5.40. The van der Waals surface area contributed by atoms with Crippen LogP contribution < -0.4 is 17.0 Å². The van der Waals surface area contributed by atoms with Gasteiger partial charge in [0, 0.05) is 19.1 Å². The van der Waals surface area contributed by atoms with E-state index >= 15 is 0 Å². The van der Waals surface area contributed by atoms with Gasteiger partial charge < -0.3 is 10.7 Å². The van der Waals surface area contributed by atoms with Crippen molar-refractivity contribution in [2.24, 2.45) is 5.73 Å². The Hall–Kier alpha value is -1.97. The second-order valence-electron chi connectivity index (χ2n) is 5.03. The van der Waals surface area contributed by atoms with E-state index in [4.69, 9.17) is 5.73 Å². The Labute approximate surface area is 119 Å². The summed E-state index contributed by atoms with van der Waals surface area (Å²) >= 11 is 0. The standard InChI is InChI=1S/C12H14N4O4S/c13-7-3-4-16(6-7)21(19,20)8-1-2-10-9(5-8)11(17)15-12(18)14-10/h1-2,5,7H,3-4,6,13H2,(H2,14,15,17,18). The van der Waals surface area contributed by atoms with E-state index in [1.165, 1.54) is 22.5 Å². The van der Waals surface area contributed by atoms with E-state index in [1.807, 2.05) is 0 Å². The summed E-state index contributed by atoms with van der Waals surface area (Å²) in [7, 11) is -3.68. The lowest BCUT2D eigenvalue weighted by Gasteiger charge is -2.16. The minimum atomic E-state index is -3.68. The van der Waals surface area contributed by atoms with E-state index in [0.29, 0.717) is 18.5 Å². The molecule has 0 radical (unpaired) electrons. The molecule has 3 rings (SSSR count). The Bertz CT molecular complexity index is 915. The average molecular weight is 310 g/mol. The second kappa shape index (κ2) is 4.79. The lowest BCUT2D eigenvalue weighted by atomic mass is 10.2. The Balaban J connectivity index is 2.13. The van der Waals surface area contributed by atoms with E-state index in [0.717, 1.165) is 0 Å². The average Bonchev–Trinajstić information content (AvgIpc) is 2.85. The number of rotatable bonds is 2. The van der Waals surface area contributed by atoms with Crippen LogP contribution in [-0.2, 0) is 10.0 Å². The molecule has 1 aliphatic heterocycles. The number of fused-ring (bicyclic) bond motifs is 1. The summed E-state index contributed by atoms with van der Waals surface area (Å²) in [5, 5.41) is 0.124. The fraction of sp³-hybridized carbons (Fsp3) is 0.333. The summed E-state index contributed by atoms with van der Waals surface area (Å²) < 4.78 is 26.3. The first-order chi connectivity index (χ1) is 9.88.